The van der Waals surface area contributed by atoms with E-state index in [1.165, 1.54) is 0 Å². The topological polar surface area (TPSA) is 64.9 Å². The van der Waals surface area contributed by atoms with Gasteiger partial charge in [0.1, 0.15) is 0 Å². The Bertz CT molecular complexity index is 313. The van der Waals surface area contributed by atoms with Crippen molar-refractivity contribution in [3.05, 3.63) is 5.82 Å². The summed E-state index contributed by atoms with van der Waals surface area (Å²) < 4.78 is 7.38. The smallest absolute Gasteiger partial charge is 0.165 e. The van der Waals surface area contributed by atoms with Crippen LogP contribution >= 0.6 is 0 Å². The third-order valence-corrected chi connectivity index (χ3v) is 2.67. The normalized spacial score (nSPS) is 13.2. The zero-order valence-corrected chi connectivity index (χ0v) is 11.2. The highest BCUT2D eigenvalue weighted by molar-refractivity contribution is 4.85. The lowest BCUT2D eigenvalue weighted by Crippen LogP contribution is -2.26. The van der Waals surface area contributed by atoms with Crippen LogP contribution in [0.25, 0.3) is 0 Å². The Balaban J connectivity index is 2.74. The number of hydrogen-bond acceptors (Lipinski definition) is 5. The molecule has 0 saturated heterocycles. The predicted octanol–water partition coefficient (Wildman–Crippen LogP) is 1.02. The zero-order chi connectivity index (χ0) is 12.7. The van der Waals surface area contributed by atoms with E-state index in [2.05, 4.69) is 41.6 Å². The molecule has 6 heteroatoms. The second-order valence-electron chi connectivity index (χ2n) is 4.29. The van der Waals surface area contributed by atoms with Crippen molar-refractivity contribution in [3.63, 3.8) is 0 Å². The van der Waals surface area contributed by atoms with E-state index < -0.39 is 0 Å². The van der Waals surface area contributed by atoms with Gasteiger partial charge in [0.2, 0.25) is 0 Å². The highest BCUT2D eigenvalue weighted by atomic mass is 16.5. The lowest BCUT2D eigenvalue weighted by atomic mass is 10.1. The van der Waals surface area contributed by atoms with E-state index in [4.69, 9.17) is 4.74 Å². The molecular weight excluding hydrogens is 218 g/mol. The summed E-state index contributed by atoms with van der Waals surface area (Å²) in [4.78, 5) is 0. The van der Waals surface area contributed by atoms with Crippen LogP contribution in [0, 0.1) is 5.92 Å². The van der Waals surface area contributed by atoms with E-state index in [0.29, 0.717) is 25.7 Å². The van der Waals surface area contributed by atoms with E-state index in [9.17, 15) is 0 Å². The van der Waals surface area contributed by atoms with E-state index >= 15 is 0 Å². The van der Waals surface area contributed by atoms with Crippen LogP contribution in [0.1, 0.15) is 39.6 Å². The van der Waals surface area contributed by atoms with Crippen LogP contribution in [0.2, 0.25) is 0 Å². The Morgan fingerprint density at radius 2 is 2.12 bits per heavy atom. The highest BCUT2D eigenvalue weighted by Gasteiger charge is 2.20. The van der Waals surface area contributed by atoms with Gasteiger partial charge in [-0.3, -0.25) is 0 Å². The molecule has 0 aliphatic carbocycles. The molecule has 0 fully saturated rings. The molecule has 1 aromatic rings. The number of tetrazole rings is 1. The van der Waals surface area contributed by atoms with Crippen molar-refractivity contribution >= 4 is 0 Å². The van der Waals surface area contributed by atoms with Crippen LogP contribution in [0.4, 0.5) is 0 Å². The Labute approximate surface area is 103 Å². The average Bonchev–Trinajstić information content (AvgIpc) is 2.75. The van der Waals surface area contributed by atoms with Crippen LogP contribution in [-0.2, 0) is 11.3 Å². The van der Waals surface area contributed by atoms with Crippen molar-refractivity contribution in [1.82, 2.24) is 25.5 Å². The molecule has 0 amide bonds. The van der Waals surface area contributed by atoms with Crippen molar-refractivity contribution in [2.24, 2.45) is 5.92 Å². The largest absolute Gasteiger partial charge is 0.380 e. The molecule has 0 aromatic carbocycles. The minimum atomic E-state index is 0.193. The fourth-order valence-electron chi connectivity index (χ4n) is 1.61. The second-order valence-corrected chi connectivity index (χ2v) is 4.29. The summed E-state index contributed by atoms with van der Waals surface area (Å²) in [5.41, 5.74) is 0. The summed E-state index contributed by atoms with van der Waals surface area (Å²) in [7, 11) is 0. The third-order valence-electron chi connectivity index (χ3n) is 2.67. The molecule has 0 radical (unpaired) electrons. The van der Waals surface area contributed by atoms with Gasteiger partial charge in [0, 0.05) is 6.61 Å². The molecule has 0 spiro atoms. The maximum Gasteiger partial charge on any atom is 0.165 e. The number of hydrogen-bond donors (Lipinski definition) is 1. The molecule has 1 unspecified atom stereocenters. The molecule has 1 N–H and O–H groups in total. The van der Waals surface area contributed by atoms with Crippen molar-refractivity contribution in [2.45, 2.75) is 40.3 Å². The average molecular weight is 241 g/mol. The quantitative estimate of drug-likeness (QED) is 0.736. The zero-order valence-electron chi connectivity index (χ0n) is 11.2. The SMILES string of the molecule is CCNCc1nnnn1C(COCC)C(C)C. The van der Waals surface area contributed by atoms with Crippen LogP contribution in [0.15, 0.2) is 0 Å². The van der Waals surface area contributed by atoms with Gasteiger partial charge in [-0.1, -0.05) is 20.8 Å². The summed E-state index contributed by atoms with van der Waals surface area (Å²) in [5.74, 6) is 1.30. The molecule has 6 nitrogen and oxygen atoms in total. The van der Waals surface area contributed by atoms with E-state index in [1.54, 1.807) is 0 Å². The molecule has 0 saturated carbocycles. The summed E-state index contributed by atoms with van der Waals surface area (Å²) in [6, 6.07) is 0.193. The van der Waals surface area contributed by atoms with Crippen molar-refractivity contribution in [3.8, 4) is 0 Å². The fourth-order valence-corrected chi connectivity index (χ4v) is 1.61. The van der Waals surface area contributed by atoms with Gasteiger partial charge in [-0.2, -0.15) is 0 Å². The molecule has 98 valence electrons. The number of nitrogens with one attached hydrogen (secondary N) is 1. The molecule has 17 heavy (non-hydrogen) atoms. The standard InChI is InChI=1S/C11H23N5O/c1-5-12-7-11-13-14-15-16(11)10(9(3)4)8-17-6-2/h9-10,12H,5-8H2,1-4H3. The number of rotatable bonds is 8. The van der Waals surface area contributed by atoms with Crippen LogP contribution in [0.3, 0.4) is 0 Å². The van der Waals surface area contributed by atoms with Gasteiger partial charge >= 0.3 is 0 Å². The predicted molar refractivity (Wildman–Crippen MR) is 65.6 cm³/mol. The lowest BCUT2D eigenvalue weighted by Gasteiger charge is -2.21. The first-order valence-electron chi connectivity index (χ1n) is 6.25. The number of ether oxygens (including phenoxy) is 1. The van der Waals surface area contributed by atoms with Gasteiger partial charge in [-0.05, 0) is 29.8 Å². The molecular formula is C11H23N5O. The second kappa shape index (κ2) is 7.34. The Kier molecular flexibility index (Phi) is 6.07. The van der Waals surface area contributed by atoms with Crippen molar-refractivity contribution < 1.29 is 4.74 Å². The van der Waals surface area contributed by atoms with Crippen LogP contribution in [0.5, 0.6) is 0 Å². The molecule has 0 aliphatic rings. The van der Waals surface area contributed by atoms with Gasteiger partial charge in [-0.15, -0.1) is 5.10 Å². The van der Waals surface area contributed by atoms with E-state index in [0.717, 1.165) is 12.4 Å². The van der Waals surface area contributed by atoms with Crippen molar-refractivity contribution in [2.75, 3.05) is 19.8 Å². The fraction of sp³-hybridized carbons (Fsp3) is 0.909. The Morgan fingerprint density at radius 1 is 1.35 bits per heavy atom. The lowest BCUT2D eigenvalue weighted by molar-refractivity contribution is 0.0891. The minimum absolute atomic E-state index is 0.193. The summed E-state index contributed by atoms with van der Waals surface area (Å²) in [5, 5.41) is 15.1. The summed E-state index contributed by atoms with van der Waals surface area (Å²) in [6.45, 7) is 11.3. The molecule has 1 rings (SSSR count). The van der Waals surface area contributed by atoms with Crippen molar-refractivity contribution in [1.29, 1.82) is 0 Å². The molecule has 1 aromatic heterocycles. The minimum Gasteiger partial charge on any atom is -0.380 e. The monoisotopic (exact) mass is 241 g/mol. The first kappa shape index (κ1) is 14.1. The number of nitrogens with zero attached hydrogens (tertiary/aromatic N) is 4. The molecule has 0 bridgehead atoms. The highest BCUT2D eigenvalue weighted by Crippen LogP contribution is 2.17. The summed E-state index contributed by atoms with van der Waals surface area (Å²) >= 11 is 0. The van der Waals surface area contributed by atoms with Gasteiger partial charge in [0.25, 0.3) is 0 Å². The summed E-state index contributed by atoms with van der Waals surface area (Å²) in [6.07, 6.45) is 0. The van der Waals surface area contributed by atoms with E-state index in [1.807, 2.05) is 11.6 Å². The first-order valence-corrected chi connectivity index (χ1v) is 6.25. The maximum atomic E-state index is 5.50. The number of aromatic nitrogens is 4. The molecule has 0 aliphatic heterocycles. The Morgan fingerprint density at radius 3 is 2.71 bits per heavy atom. The van der Waals surface area contributed by atoms with Gasteiger partial charge < -0.3 is 10.1 Å². The van der Waals surface area contributed by atoms with Gasteiger partial charge in [0.05, 0.1) is 19.2 Å². The van der Waals surface area contributed by atoms with Gasteiger partial charge in [0.15, 0.2) is 5.82 Å². The molecule has 1 heterocycles. The maximum absolute atomic E-state index is 5.50. The molecule has 1 atom stereocenters. The van der Waals surface area contributed by atoms with E-state index in [-0.39, 0.29) is 6.04 Å². The third kappa shape index (κ3) is 4.05. The van der Waals surface area contributed by atoms with Crippen LogP contribution in [-0.4, -0.2) is 40.0 Å². The first-order chi connectivity index (χ1) is 8.20. The van der Waals surface area contributed by atoms with Gasteiger partial charge in [-0.25, -0.2) is 4.68 Å². The van der Waals surface area contributed by atoms with Crippen LogP contribution < -0.4 is 5.32 Å². The Hall–Kier alpha value is -1.01.